The third-order valence-corrected chi connectivity index (χ3v) is 4.73. The Morgan fingerprint density at radius 1 is 1.26 bits per heavy atom. The summed E-state index contributed by atoms with van der Waals surface area (Å²) in [5, 5.41) is 14.3. The van der Waals surface area contributed by atoms with E-state index in [0.29, 0.717) is 18.8 Å². The zero-order chi connectivity index (χ0) is 18.8. The highest BCUT2D eigenvalue weighted by molar-refractivity contribution is 5.94. The van der Waals surface area contributed by atoms with E-state index in [-0.39, 0.29) is 11.6 Å². The minimum absolute atomic E-state index is 0.111. The zero-order valence-electron chi connectivity index (χ0n) is 14.6. The molecule has 27 heavy (non-hydrogen) atoms. The predicted octanol–water partition coefficient (Wildman–Crippen LogP) is 1.68. The number of hydrogen-bond donors (Lipinski definition) is 2. The number of benzene rings is 1. The predicted molar refractivity (Wildman–Crippen MR) is 98.0 cm³/mol. The molecule has 4 rings (SSSR count). The largest absolute Gasteiger partial charge is 0.505 e. The van der Waals surface area contributed by atoms with Gasteiger partial charge in [-0.1, -0.05) is 18.2 Å². The number of rotatable bonds is 3. The van der Waals surface area contributed by atoms with Gasteiger partial charge in [0.05, 0.1) is 5.69 Å². The Kier molecular flexibility index (Phi) is 4.45. The third-order valence-electron chi connectivity index (χ3n) is 4.73. The van der Waals surface area contributed by atoms with E-state index < -0.39 is 17.2 Å². The number of piperidine rings is 1. The molecule has 138 valence electrons. The molecular formula is C19H19N5O3. The number of aromatic hydroxyl groups is 1. The highest BCUT2D eigenvalue weighted by atomic mass is 16.3. The van der Waals surface area contributed by atoms with E-state index in [2.05, 4.69) is 15.1 Å². The Morgan fingerprint density at radius 3 is 2.81 bits per heavy atom. The van der Waals surface area contributed by atoms with Crippen molar-refractivity contribution in [2.45, 2.75) is 18.8 Å². The fourth-order valence-electron chi connectivity index (χ4n) is 3.39. The van der Waals surface area contributed by atoms with Gasteiger partial charge in [0.15, 0.2) is 11.4 Å². The van der Waals surface area contributed by atoms with E-state index in [1.165, 1.54) is 0 Å². The number of aromatic amines is 1. The van der Waals surface area contributed by atoms with Gasteiger partial charge >= 0.3 is 0 Å². The van der Waals surface area contributed by atoms with Gasteiger partial charge < -0.3 is 15.0 Å². The summed E-state index contributed by atoms with van der Waals surface area (Å²) >= 11 is 0. The van der Waals surface area contributed by atoms with Gasteiger partial charge in [0.2, 0.25) is 0 Å². The summed E-state index contributed by atoms with van der Waals surface area (Å²) in [6, 6.07) is 9.83. The SMILES string of the molecule is O=C(c1nn(-c2ccccc2)c(=O)cc1O)N1CCCC(c2ncc[nH]2)C1. The van der Waals surface area contributed by atoms with Crippen molar-refractivity contribution in [1.82, 2.24) is 24.6 Å². The summed E-state index contributed by atoms with van der Waals surface area (Å²) < 4.78 is 1.13. The Hall–Kier alpha value is -3.42. The molecule has 1 unspecified atom stereocenters. The topological polar surface area (TPSA) is 104 Å². The van der Waals surface area contributed by atoms with E-state index >= 15 is 0 Å². The molecule has 0 spiro atoms. The fraction of sp³-hybridized carbons (Fsp3) is 0.263. The molecule has 1 amide bonds. The molecule has 0 aliphatic carbocycles. The minimum atomic E-state index is -0.498. The van der Waals surface area contributed by atoms with Crippen molar-refractivity contribution in [2.75, 3.05) is 13.1 Å². The molecule has 0 bridgehead atoms. The highest BCUT2D eigenvalue weighted by Gasteiger charge is 2.29. The number of carbonyl (C=O) groups is 1. The molecule has 0 saturated carbocycles. The van der Waals surface area contributed by atoms with Crippen molar-refractivity contribution in [3.63, 3.8) is 0 Å². The van der Waals surface area contributed by atoms with E-state index in [1.807, 2.05) is 6.07 Å². The van der Waals surface area contributed by atoms with E-state index in [4.69, 9.17) is 0 Å². The second kappa shape index (κ2) is 7.06. The molecule has 3 aromatic rings. The molecule has 2 N–H and O–H groups in total. The molecule has 8 heteroatoms. The van der Waals surface area contributed by atoms with Crippen molar-refractivity contribution >= 4 is 5.91 Å². The monoisotopic (exact) mass is 365 g/mol. The Bertz CT molecular complexity index is 998. The second-order valence-electron chi connectivity index (χ2n) is 6.53. The fourth-order valence-corrected chi connectivity index (χ4v) is 3.39. The Morgan fingerprint density at radius 2 is 2.07 bits per heavy atom. The molecule has 1 fully saturated rings. The molecular weight excluding hydrogens is 346 g/mol. The first-order valence-electron chi connectivity index (χ1n) is 8.81. The molecule has 2 aromatic heterocycles. The van der Waals surface area contributed by atoms with Crippen LogP contribution >= 0.6 is 0 Å². The van der Waals surface area contributed by atoms with Crippen LogP contribution in [0.15, 0.2) is 53.6 Å². The summed E-state index contributed by atoms with van der Waals surface area (Å²) in [6.07, 6.45) is 5.22. The maximum Gasteiger partial charge on any atom is 0.278 e. The van der Waals surface area contributed by atoms with Crippen LogP contribution in [-0.2, 0) is 0 Å². The number of carbonyl (C=O) groups excluding carboxylic acids is 1. The standard InChI is InChI=1S/C19H19N5O3/c25-15-11-16(26)24(14-6-2-1-3-7-14)22-17(15)19(27)23-10-4-5-13(12-23)18-20-8-9-21-18/h1-3,6-9,11,13,25H,4-5,10,12H2,(H,20,21). The number of para-hydroxylation sites is 1. The van der Waals surface area contributed by atoms with Gasteiger partial charge in [0.1, 0.15) is 5.82 Å². The number of amides is 1. The molecule has 3 heterocycles. The van der Waals surface area contributed by atoms with Crippen LogP contribution in [0.25, 0.3) is 5.69 Å². The Balaban J connectivity index is 1.64. The molecule has 8 nitrogen and oxygen atoms in total. The molecule has 1 atom stereocenters. The average Bonchev–Trinajstić information content (AvgIpc) is 3.23. The summed E-state index contributed by atoms with van der Waals surface area (Å²) in [5.41, 5.74) is -0.0930. The number of nitrogens with zero attached hydrogens (tertiary/aromatic N) is 4. The van der Waals surface area contributed by atoms with Gasteiger partial charge in [-0.05, 0) is 25.0 Å². The normalized spacial score (nSPS) is 17.0. The van der Waals surface area contributed by atoms with Crippen LogP contribution in [0.4, 0.5) is 0 Å². The van der Waals surface area contributed by atoms with Gasteiger partial charge in [-0.3, -0.25) is 9.59 Å². The molecule has 1 aromatic carbocycles. The van der Waals surface area contributed by atoms with Crippen LogP contribution in [0, 0.1) is 0 Å². The molecule has 1 saturated heterocycles. The minimum Gasteiger partial charge on any atom is -0.505 e. The van der Waals surface area contributed by atoms with Crippen LogP contribution in [0.1, 0.15) is 35.1 Å². The third kappa shape index (κ3) is 3.33. The highest BCUT2D eigenvalue weighted by Crippen LogP contribution is 2.26. The lowest BCUT2D eigenvalue weighted by atomic mass is 9.97. The zero-order valence-corrected chi connectivity index (χ0v) is 14.6. The quantitative estimate of drug-likeness (QED) is 0.735. The van der Waals surface area contributed by atoms with Crippen molar-refractivity contribution in [2.24, 2.45) is 0 Å². The molecule has 1 aliphatic rings. The first-order valence-corrected chi connectivity index (χ1v) is 8.81. The Labute approximate surface area is 155 Å². The van der Waals surface area contributed by atoms with E-state index in [9.17, 15) is 14.7 Å². The van der Waals surface area contributed by atoms with Gasteiger partial charge in [-0.2, -0.15) is 9.78 Å². The number of hydrogen-bond acceptors (Lipinski definition) is 5. The number of likely N-dealkylation sites (tertiary alicyclic amines) is 1. The van der Waals surface area contributed by atoms with Gasteiger partial charge in [-0.15, -0.1) is 0 Å². The summed E-state index contributed by atoms with van der Waals surface area (Å²) in [7, 11) is 0. The van der Waals surface area contributed by atoms with Crippen molar-refractivity contribution < 1.29 is 9.90 Å². The van der Waals surface area contributed by atoms with Crippen LogP contribution < -0.4 is 5.56 Å². The maximum atomic E-state index is 13.0. The van der Waals surface area contributed by atoms with Gasteiger partial charge in [0, 0.05) is 37.5 Å². The van der Waals surface area contributed by atoms with Crippen molar-refractivity contribution in [3.05, 3.63) is 70.7 Å². The van der Waals surface area contributed by atoms with Crippen molar-refractivity contribution in [3.8, 4) is 11.4 Å². The van der Waals surface area contributed by atoms with Crippen LogP contribution in [0.5, 0.6) is 5.75 Å². The first kappa shape index (κ1) is 17.0. The van der Waals surface area contributed by atoms with Crippen LogP contribution in [-0.4, -0.2) is 48.8 Å². The average molecular weight is 365 g/mol. The second-order valence-corrected chi connectivity index (χ2v) is 6.53. The lowest BCUT2D eigenvalue weighted by Crippen LogP contribution is -2.40. The summed E-state index contributed by atoms with van der Waals surface area (Å²) in [5.74, 6) is 0.157. The molecule has 1 aliphatic heterocycles. The lowest BCUT2D eigenvalue weighted by molar-refractivity contribution is 0.0693. The lowest BCUT2D eigenvalue weighted by Gasteiger charge is -2.31. The maximum absolute atomic E-state index is 13.0. The molecule has 0 radical (unpaired) electrons. The number of imidazole rings is 1. The first-order chi connectivity index (χ1) is 13.1. The number of nitrogens with one attached hydrogen (secondary N) is 1. The van der Waals surface area contributed by atoms with Crippen LogP contribution in [0.2, 0.25) is 0 Å². The van der Waals surface area contributed by atoms with Gasteiger partial charge in [0.25, 0.3) is 11.5 Å². The van der Waals surface area contributed by atoms with Crippen LogP contribution in [0.3, 0.4) is 0 Å². The number of aromatic nitrogens is 4. The van der Waals surface area contributed by atoms with E-state index in [0.717, 1.165) is 29.4 Å². The summed E-state index contributed by atoms with van der Waals surface area (Å²) in [6.45, 7) is 1.06. The van der Waals surface area contributed by atoms with E-state index in [1.54, 1.807) is 41.6 Å². The van der Waals surface area contributed by atoms with Gasteiger partial charge in [-0.25, -0.2) is 4.98 Å². The van der Waals surface area contributed by atoms with Crippen molar-refractivity contribution in [1.29, 1.82) is 0 Å². The summed E-state index contributed by atoms with van der Waals surface area (Å²) in [4.78, 5) is 34.2. The smallest absolute Gasteiger partial charge is 0.278 e. The number of H-pyrrole nitrogens is 1.